The molecule has 1 aliphatic carbocycles. The van der Waals surface area contributed by atoms with Gasteiger partial charge in [-0.15, -0.1) is 0 Å². The fourth-order valence-electron chi connectivity index (χ4n) is 4.48. The summed E-state index contributed by atoms with van der Waals surface area (Å²) in [5.41, 5.74) is 6.90. The Bertz CT molecular complexity index is 801. The van der Waals surface area contributed by atoms with Crippen molar-refractivity contribution in [3.63, 3.8) is 0 Å². The van der Waals surface area contributed by atoms with Gasteiger partial charge in [0.05, 0.1) is 12.2 Å². The lowest BCUT2D eigenvalue weighted by Crippen LogP contribution is -2.44. The number of nitrogens with zero attached hydrogens (tertiary/aromatic N) is 3. The fourth-order valence-corrected chi connectivity index (χ4v) is 4.48. The number of likely N-dealkylation sites (tertiary alicyclic amines) is 1. The number of halogens is 1. The average Bonchev–Trinajstić information content (AvgIpc) is 3.12. The van der Waals surface area contributed by atoms with E-state index in [1.165, 1.54) is 12.2 Å². The fraction of sp³-hybridized carbons (Fsp3) is 0.579. The molecule has 1 saturated heterocycles. The van der Waals surface area contributed by atoms with Gasteiger partial charge in [-0.05, 0) is 51.9 Å². The molecule has 2 atom stereocenters. The van der Waals surface area contributed by atoms with Crippen LogP contribution in [0.15, 0.2) is 29.7 Å². The summed E-state index contributed by atoms with van der Waals surface area (Å²) in [4.78, 5) is 14.3. The number of nitrogens with two attached hydrogens (primary N) is 1. The average molecular weight is 359 g/mol. The Kier molecular flexibility index (Phi) is 3.95. The minimum absolute atomic E-state index is 0.0122. The number of rotatable bonds is 3. The molecule has 1 aromatic heterocycles. The van der Waals surface area contributed by atoms with Gasteiger partial charge in [-0.1, -0.05) is 6.92 Å². The van der Waals surface area contributed by atoms with Crippen molar-refractivity contribution in [1.29, 1.82) is 0 Å². The smallest absolute Gasteiger partial charge is 0.247 e. The second-order valence-corrected chi connectivity index (χ2v) is 8.17. The number of hydrogen-bond acceptors (Lipinski definition) is 4. The highest BCUT2D eigenvalue weighted by molar-refractivity contribution is 5.94. The Balaban J connectivity index is 1.66. The zero-order valence-electron chi connectivity index (χ0n) is 15.5. The van der Waals surface area contributed by atoms with E-state index in [2.05, 4.69) is 36.1 Å². The normalized spacial score (nSPS) is 27.4. The Morgan fingerprint density at radius 2 is 2.12 bits per heavy atom. The quantitative estimate of drug-likeness (QED) is 0.868. The summed E-state index contributed by atoms with van der Waals surface area (Å²) >= 11 is 0. The topological polar surface area (TPSA) is 76.2 Å². The number of primary amides is 1. The number of aromatic nitrogens is 2. The van der Waals surface area contributed by atoms with E-state index < -0.39 is 11.7 Å². The van der Waals surface area contributed by atoms with Crippen molar-refractivity contribution in [3.8, 4) is 0 Å². The number of carbonyl (C=O) groups is 1. The first-order valence-corrected chi connectivity index (χ1v) is 9.27. The molecule has 1 aromatic rings. The number of hydrogen-bond donors (Lipinski definition) is 2. The summed E-state index contributed by atoms with van der Waals surface area (Å²) in [5.74, 6) is -0.152. The van der Waals surface area contributed by atoms with E-state index in [-0.39, 0.29) is 23.1 Å². The lowest BCUT2D eigenvalue weighted by atomic mass is 9.75. The summed E-state index contributed by atoms with van der Waals surface area (Å²) in [6.45, 7) is 8.82. The van der Waals surface area contributed by atoms with Gasteiger partial charge in [0.1, 0.15) is 17.7 Å². The second-order valence-electron chi connectivity index (χ2n) is 8.17. The molecule has 26 heavy (non-hydrogen) atoms. The molecule has 2 unspecified atom stereocenters. The Morgan fingerprint density at radius 3 is 2.73 bits per heavy atom. The maximum Gasteiger partial charge on any atom is 0.247 e. The van der Waals surface area contributed by atoms with Gasteiger partial charge in [-0.2, -0.15) is 5.10 Å². The van der Waals surface area contributed by atoms with Crippen molar-refractivity contribution in [1.82, 2.24) is 14.7 Å². The van der Waals surface area contributed by atoms with E-state index in [1.54, 1.807) is 4.68 Å². The van der Waals surface area contributed by atoms with Crippen molar-refractivity contribution >= 4 is 11.7 Å². The third-order valence-corrected chi connectivity index (χ3v) is 6.22. The Hall–Kier alpha value is -2.15. The van der Waals surface area contributed by atoms with Crippen molar-refractivity contribution in [2.24, 2.45) is 5.73 Å². The first-order valence-electron chi connectivity index (χ1n) is 9.27. The standard InChI is InChI=1S/C19H26FN5O/c1-11(2)24-6-4-19(3,5-7-24)14-10-22-25-16-13(17(21)26)8-12(20)9-15(16)23-18(14)25/h8-11,15-16,23H,4-7H2,1-3H3,(H2,21,26). The van der Waals surface area contributed by atoms with Crippen LogP contribution >= 0.6 is 0 Å². The number of carbonyl (C=O) groups excluding carboxylic acids is 1. The van der Waals surface area contributed by atoms with Crippen molar-refractivity contribution in [2.45, 2.75) is 57.2 Å². The number of anilines is 1. The van der Waals surface area contributed by atoms with E-state index >= 15 is 0 Å². The monoisotopic (exact) mass is 359 g/mol. The molecule has 3 heterocycles. The van der Waals surface area contributed by atoms with Crippen molar-refractivity contribution in [3.05, 3.63) is 35.3 Å². The molecule has 0 aromatic carbocycles. The van der Waals surface area contributed by atoms with Gasteiger partial charge in [-0.25, -0.2) is 9.07 Å². The molecule has 3 N–H and O–H groups in total. The molecule has 0 saturated carbocycles. The molecule has 1 fully saturated rings. The van der Waals surface area contributed by atoms with Gasteiger partial charge in [-0.3, -0.25) is 4.79 Å². The molecule has 2 aliphatic heterocycles. The lowest BCUT2D eigenvalue weighted by Gasteiger charge is -2.41. The number of nitrogens with one attached hydrogen (secondary N) is 1. The van der Waals surface area contributed by atoms with Crippen LogP contribution in [0.1, 0.15) is 45.2 Å². The van der Waals surface area contributed by atoms with Gasteiger partial charge in [0.2, 0.25) is 5.91 Å². The van der Waals surface area contributed by atoms with Crippen LogP contribution in [-0.2, 0) is 10.2 Å². The molecular formula is C19H26FN5O. The minimum Gasteiger partial charge on any atom is -0.366 e. The molecule has 0 spiro atoms. The maximum atomic E-state index is 13.9. The summed E-state index contributed by atoms with van der Waals surface area (Å²) < 4.78 is 15.7. The molecule has 7 heteroatoms. The SMILES string of the molecule is CC(C)N1CCC(C)(c2cnn3c2NC2C=C(F)C=C(C(N)=O)C23)CC1. The highest BCUT2D eigenvalue weighted by Crippen LogP contribution is 2.45. The van der Waals surface area contributed by atoms with Gasteiger partial charge >= 0.3 is 0 Å². The van der Waals surface area contributed by atoms with Crippen LogP contribution in [0.25, 0.3) is 0 Å². The molecule has 0 radical (unpaired) electrons. The van der Waals surface area contributed by atoms with Crippen LogP contribution in [0.2, 0.25) is 0 Å². The van der Waals surface area contributed by atoms with Crippen molar-refractivity contribution in [2.75, 3.05) is 18.4 Å². The van der Waals surface area contributed by atoms with Crippen LogP contribution in [0.3, 0.4) is 0 Å². The van der Waals surface area contributed by atoms with Crippen LogP contribution in [0.5, 0.6) is 0 Å². The van der Waals surface area contributed by atoms with Gasteiger partial charge < -0.3 is 16.0 Å². The van der Waals surface area contributed by atoms with Gasteiger partial charge in [0.25, 0.3) is 0 Å². The Morgan fingerprint density at radius 1 is 1.42 bits per heavy atom. The number of piperidine rings is 1. The van der Waals surface area contributed by atoms with Crippen LogP contribution in [0, 0.1) is 0 Å². The molecule has 0 bridgehead atoms. The molecule has 140 valence electrons. The highest BCUT2D eigenvalue weighted by Gasteiger charge is 2.44. The van der Waals surface area contributed by atoms with Crippen LogP contribution < -0.4 is 11.1 Å². The Labute approximate surface area is 152 Å². The van der Waals surface area contributed by atoms with Gasteiger partial charge in [0, 0.05) is 22.6 Å². The van der Waals surface area contributed by atoms with E-state index in [4.69, 9.17) is 5.73 Å². The first-order chi connectivity index (χ1) is 12.3. The predicted molar refractivity (Wildman–Crippen MR) is 98.4 cm³/mol. The summed E-state index contributed by atoms with van der Waals surface area (Å²) in [7, 11) is 0. The number of amides is 1. The van der Waals surface area contributed by atoms with E-state index in [0.29, 0.717) is 6.04 Å². The zero-order valence-corrected chi connectivity index (χ0v) is 15.5. The summed E-state index contributed by atoms with van der Waals surface area (Å²) in [5, 5.41) is 7.93. The molecule has 1 amide bonds. The predicted octanol–water partition coefficient (Wildman–Crippen LogP) is 2.26. The van der Waals surface area contributed by atoms with Crippen LogP contribution in [0.4, 0.5) is 10.2 Å². The van der Waals surface area contributed by atoms with Crippen molar-refractivity contribution < 1.29 is 9.18 Å². The third kappa shape index (κ3) is 2.57. The zero-order chi connectivity index (χ0) is 18.6. The molecule has 6 nitrogen and oxygen atoms in total. The number of fused-ring (bicyclic) bond motifs is 3. The third-order valence-electron chi connectivity index (χ3n) is 6.22. The summed E-state index contributed by atoms with van der Waals surface area (Å²) in [6.07, 6.45) is 6.72. The summed E-state index contributed by atoms with van der Waals surface area (Å²) in [6, 6.07) is -0.158. The second kappa shape index (κ2) is 5.94. The molecule has 4 rings (SSSR count). The van der Waals surface area contributed by atoms with Gasteiger partial charge in [0.15, 0.2) is 0 Å². The maximum absolute atomic E-state index is 13.9. The van der Waals surface area contributed by atoms with E-state index in [1.807, 2.05) is 6.20 Å². The molecule has 3 aliphatic rings. The molecular weight excluding hydrogens is 333 g/mol. The minimum atomic E-state index is -0.605. The number of allylic oxidation sites excluding steroid dienone is 2. The van der Waals surface area contributed by atoms with E-state index in [9.17, 15) is 9.18 Å². The van der Waals surface area contributed by atoms with Crippen LogP contribution in [-0.4, -0.2) is 45.8 Å². The largest absolute Gasteiger partial charge is 0.366 e. The highest BCUT2D eigenvalue weighted by atomic mass is 19.1. The lowest BCUT2D eigenvalue weighted by molar-refractivity contribution is -0.115. The van der Waals surface area contributed by atoms with E-state index in [0.717, 1.165) is 37.3 Å². The first kappa shape index (κ1) is 17.3.